The molecule has 2 aromatic rings. The highest BCUT2D eigenvalue weighted by molar-refractivity contribution is 5.31. The van der Waals surface area contributed by atoms with Gasteiger partial charge in [-0.3, -0.25) is 0 Å². The molecule has 90 valence electrons. The highest BCUT2D eigenvalue weighted by Crippen LogP contribution is 2.22. The Bertz CT molecular complexity index is 513. The molecule has 2 heteroatoms. The number of H-pyrrole nitrogens is 1. The summed E-state index contributed by atoms with van der Waals surface area (Å²) in [4.78, 5) is 3.16. The molecule has 0 fully saturated rings. The first kappa shape index (κ1) is 11.9. The van der Waals surface area contributed by atoms with Crippen molar-refractivity contribution in [1.82, 2.24) is 4.98 Å². The topological polar surface area (TPSA) is 36.0 Å². The van der Waals surface area contributed by atoms with Crippen LogP contribution in [0.4, 0.5) is 0 Å². The number of aryl methyl sites for hydroxylation is 2. The maximum atomic E-state index is 10.2. The van der Waals surface area contributed by atoms with Crippen LogP contribution in [0.15, 0.2) is 30.5 Å². The van der Waals surface area contributed by atoms with Crippen LogP contribution in [0.1, 0.15) is 34.1 Å². The zero-order valence-electron chi connectivity index (χ0n) is 10.6. The van der Waals surface area contributed by atoms with Gasteiger partial charge in [-0.2, -0.15) is 0 Å². The third-order valence-corrected chi connectivity index (χ3v) is 3.28. The highest BCUT2D eigenvalue weighted by atomic mass is 16.3. The van der Waals surface area contributed by atoms with Crippen molar-refractivity contribution in [2.24, 2.45) is 0 Å². The van der Waals surface area contributed by atoms with E-state index in [4.69, 9.17) is 0 Å². The van der Waals surface area contributed by atoms with Crippen LogP contribution in [0.2, 0.25) is 0 Å². The van der Waals surface area contributed by atoms with Gasteiger partial charge in [0.05, 0.1) is 6.10 Å². The maximum Gasteiger partial charge on any atom is 0.0980 e. The van der Waals surface area contributed by atoms with Gasteiger partial charge in [-0.05, 0) is 37.5 Å². The predicted octanol–water partition coefficient (Wildman–Crippen LogP) is 3.22. The van der Waals surface area contributed by atoms with Crippen LogP contribution in [0, 0.1) is 20.8 Å². The number of aromatic nitrogens is 1. The third kappa shape index (κ3) is 2.59. The van der Waals surface area contributed by atoms with E-state index >= 15 is 0 Å². The summed E-state index contributed by atoms with van der Waals surface area (Å²) in [5.41, 5.74) is 5.69. The van der Waals surface area contributed by atoms with E-state index in [0.717, 1.165) is 11.3 Å². The van der Waals surface area contributed by atoms with Gasteiger partial charge in [-0.15, -0.1) is 0 Å². The van der Waals surface area contributed by atoms with Gasteiger partial charge in [0.25, 0.3) is 0 Å². The molecule has 0 aliphatic rings. The lowest BCUT2D eigenvalue weighted by molar-refractivity contribution is 0.173. The van der Waals surface area contributed by atoms with Gasteiger partial charge >= 0.3 is 0 Å². The molecule has 0 saturated carbocycles. The normalized spacial score (nSPS) is 12.7. The molecule has 0 bridgehead atoms. The molecular formula is C15H19NO. The van der Waals surface area contributed by atoms with E-state index in [9.17, 15) is 5.11 Å². The minimum atomic E-state index is -0.453. The van der Waals surface area contributed by atoms with Crippen LogP contribution in [0.3, 0.4) is 0 Å². The molecule has 17 heavy (non-hydrogen) atoms. The van der Waals surface area contributed by atoms with E-state index in [1.54, 1.807) is 0 Å². The zero-order valence-corrected chi connectivity index (χ0v) is 10.6. The number of benzene rings is 1. The van der Waals surface area contributed by atoms with Crippen LogP contribution in [0.25, 0.3) is 0 Å². The van der Waals surface area contributed by atoms with Gasteiger partial charge < -0.3 is 10.1 Å². The number of aliphatic hydroxyl groups is 1. The first-order chi connectivity index (χ1) is 8.08. The van der Waals surface area contributed by atoms with Crippen LogP contribution >= 0.6 is 0 Å². The monoisotopic (exact) mass is 229 g/mol. The number of aliphatic hydroxyl groups excluding tert-OH is 1. The SMILES string of the molecule is Cc1cccc(CC(O)c2[nH]cc(C)c2C)c1. The Kier molecular flexibility index (Phi) is 3.34. The maximum absolute atomic E-state index is 10.2. The Hall–Kier alpha value is -1.54. The standard InChI is InChI=1S/C15H19NO/c1-10-5-4-6-13(7-10)8-14(17)15-12(3)11(2)9-16-15/h4-7,9,14,16-17H,8H2,1-3H3. The lowest BCUT2D eigenvalue weighted by Gasteiger charge is -2.11. The summed E-state index contributed by atoms with van der Waals surface area (Å²) < 4.78 is 0. The molecule has 2 N–H and O–H groups in total. The Morgan fingerprint density at radius 3 is 2.59 bits per heavy atom. The molecule has 0 saturated heterocycles. The van der Waals surface area contributed by atoms with Crippen LogP contribution < -0.4 is 0 Å². The summed E-state index contributed by atoms with van der Waals surface area (Å²) in [6.07, 6.45) is 2.15. The largest absolute Gasteiger partial charge is 0.387 e. The summed E-state index contributed by atoms with van der Waals surface area (Å²) in [7, 11) is 0. The molecule has 1 heterocycles. The molecule has 0 spiro atoms. The molecule has 0 amide bonds. The number of rotatable bonds is 3. The first-order valence-electron chi connectivity index (χ1n) is 5.96. The van der Waals surface area contributed by atoms with Gasteiger partial charge in [0.2, 0.25) is 0 Å². The molecule has 1 unspecified atom stereocenters. The lowest BCUT2D eigenvalue weighted by atomic mass is 10.0. The average Bonchev–Trinajstić information content (AvgIpc) is 2.60. The Labute approximate surface area is 102 Å². The summed E-state index contributed by atoms with van der Waals surface area (Å²) in [6.45, 7) is 6.16. The van der Waals surface area contributed by atoms with E-state index in [1.807, 2.05) is 19.2 Å². The van der Waals surface area contributed by atoms with Crippen molar-refractivity contribution < 1.29 is 5.11 Å². The summed E-state index contributed by atoms with van der Waals surface area (Å²) >= 11 is 0. The van der Waals surface area contributed by atoms with Crippen molar-refractivity contribution in [1.29, 1.82) is 0 Å². The molecule has 1 aromatic heterocycles. The summed E-state index contributed by atoms with van der Waals surface area (Å²) in [5.74, 6) is 0. The summed E-state index contributed by atoms with van der Waals surface area (Å²) in [5, 5.41) is 10.2. The van der Waals surface area contributed by atoms with E-state index in [1.165, 1.54) is 16.7 Å². The molecule has 2 rings (SSSR count). The van der Waals surface area contributed by atoms with E-state index in [0.29, 0.717) is 6.42 Å². The van der Waals surface area contributed by atoms with Crippen molar-refractivity contribution in [2.75, 3.05) is 0 Å². The molecule has 0 aliphatic heterocycles. The fraction of sp³-hybridized carbons (Fsp3) is 0.333. The van der Waals surface area contributed by atoms with Gasteiger partial charge in [0.1, 0.15) is 0 Å². The quantitative estimate of drug-likeness (QED) is 0.833. The second kappa shape index (κ2) is 4.76. The van der Waals surface area contributed by atoms with Crippen molar-refractivity contribution in [3.05, 3.63) is 58.4 Å². The fourth-order valence-electron chi connectivity index (χ4n) is 2.13. The number of aromatic amines is 1. The molecule has 0 aliphatic carbocycles. The lowest BCUT2D eigenvalue weighted by Crippen LogP contribution is -2.04. The molecular weight excluding hydrogens is 210 g/mol. The van der Waals surface area contributed by atoms with Crippen LogP contribution in [0.5, 0.6) is 0 Å². The Morgan fingerprint density at radius 2 is 2.00 bits per heavy atom. The van der Waals surface area contributed by atoms with Crippen molar-refractivity contribution in [2.45, 2.75) is 33.3 Å². The van der Waals surface area contributed by atoms with Crippen molar-refractivity contribution in [3.63, 3.8) is 0 Å². The molecule has 1 aromatic carbocycles. The van der Waals surface area contributed by atoms with Crippen molar-refractivity contribution in [3.8, 4) is 0 Å². The van der Waals surface area contributed by atoms with E-state index in [2.05, 4.69) is 37.0 Å². The second-order valence-electron chi connectivity index (χ2n) is 4.72. The highest BCUT2D eigenvalue weighted by Gasteiger charge is 2.13. The average molecular weight is 229 g/mol. The fourth-order valence-corrected chi connectivity index (χ4v) is 2.13. The van der Waals surface area contributed by atoms with Crippen LogP contribution in [-0.4, -0.2) is 10.1 Å². The van der Waals surface area contributed by atoms with Gasteiger partial charge in [0.15, 0.2) is 0 Å². The first-order valence-corrected chi connectivity index (χ1v) is 5.96. The molecule has 1 atom stereocenters. The van der Waals surface area contributed by atoms with Crippen LogP contribution in [-0.2, 0) is 6.42 Å². The number of hydrogen-bond donors (Lipinski definition) is 2. The number of nitrogens with one attached hydrogen (secondary N) is 1. The van der Waals surface area contributed by atoms with Gasteiger partial charge in [-0.25, -0.2) is 0 Å². The Balaban J connectivity index is 2.17. The van der Waals surface area contributed by atoms with Gasteiger partial charge in [0, 0.05) is 18.3 Å². The number of hydrogen-bond acceptors (Lipinski definition) is 1. The second-order valence-corrected chi connectivity index (χ2v) is 4.72. The minimum absolute atomic E-state index is 0.453. The molecule has 2 nitrogen and oxygen atoms in total. The summed E-state index contributed by atoms with van der Waals surface area (Å²) in [6, 6.07) is 8.28. The van der Waals surface area contributed by atoms with E-state index in [-0.39, 0.29) is 0 Å². The van der Waals surface area contributed by atoms with Gasteiger partial charge in [-0.1, -0.05) is 29.8 Å². The van der Waals surface area contributed by atoms with E-state index < -0.39 is 6.10 Å². The minimum Gasteiger partial charge on any atom is -0.387 e. The zero-order chi connectivity index (χ0) is 12.4. The predicted molar refractivity (Wildman–Crippen MR) is 70.1 cm³/mol. The Morgan fingerprint density at radius 1 is 1.24 bits per heavy atom. The smallest absolute Gasteiger partial charge is 0.0980 e. The third-order valence-electron chi connectivity index (χ3n) is 3.28. The van der Waals surface area contributed by atoms with Crippen molar-refractivity contribution >= 4 is 0 Å². The molecule has 0 radical (unpaired) electrons.